The fourth-order valence-electron chi connectivity index (χ4n) is 3.82. The normalized spacial score (nSPS) is 26.0. The molecule has 0 spiro atoms. The molecule has 2 aliphatic rings. The largest absolute Gasteiger partial charge is 0.427 e. The topological polar surface area (TPSA) is 69.6 Å². The van der Waals surface area contributed by atoms with Crippen molar-refractivity contribution in [3.8, 4) is 0 Å². The Morgan fingerprint density at radius 2 is 1.63 bits per heavy atom. The number of alkyl halides is 6. The van der Waals surface area contributed by atoms with E-state index in [1.165, 1.54) is 0 Å². The van der Waals surface area contributed by atoms with Gasteiger partial charge in [-0.2, -0.15) is 26.3 Å². The van der Waals surface area contributed by atoms with Gasteiger partial charge < -0.3 is 9.45 Å². The zero-order valence-corrected chi connectivity index (χ0v) is 15.9. The molecule has 1 heterocycles. The van der Waals surface area contributed by atoms with Crippen LogP contribution < -0.4 is 4.13 Å². The van der Waals surface area contributed by atoms with Crippen LogP contribution in [0.1, 0.15) is 38.5 Å². The van der Waals surface area contributed by atoms with Gasteiger partial charge in [0.2, 0.25) is 0 Å². The van der Waals surface area contributed by atoms with Crippen molar-refractivity contribution in [2.24, 2.45) is 11.8 Å². The van der Waals surface area contributed by atoms with E-state index in [0.717, 1.165) is 32.1 Å². The first-order chi connectivity index (χ1) is 12.4. The van der Waals surface area contributed by atoms with E-state index in [9.17, 15) is 34.8 Å². The summed E-state index contributed by atoms with van der Waals surface area (Å²) in [7, 11) is -6.22. The number of hydrogen-bond donors (Lipinski definition) is 2. The van der Waals surface area contributed by atoms with Gasteiger partial charge in [0.1, 0.15) is 0 Å². The lowest BCUT2D eigenvalue weighted by atomic mass is 9.75. The second-order valence-electron chi connectivity index (χ2n) is 7.12. The Labute approximate surface area is 158 Å². The molecule has 2 unspecified atom stereocenters. The van der Waals surface area contributed by atoms with Crippen molar-refractivity contribution < 1.29 is 39.3 Å². The number of halogens is 6. The molecular formula is C14H22F6N2O3S2. The first-order valence-electron chi connectivity index (χ1n) is 8.53. The molecule has 27 heavy (non-hydrogen) atoms. The summed E-state index contributed by atoms with van der Waals surface area (Å²) in [5, 5.41) is -6.10. The van der Waals surface area contributed by atoms with E-state index in [2.05, 4.69) is 0 Å². The first kappa shape index (κ1) is 23.0. The van der Waals surface area contributed by atoms with E-state index in [4.69, 9.17) is 4.55 Å². The monoisotopic (exact) mass is 444 g/mol. The number of sulfonamides is 1. The van der Waals surface area contributed by atoms with Crippen molar-refractivity contribution in [3.05, 3.63) is 0 Å². The molecule has 0 aromatic heterocycles. The summed E-state index contributed by atoms with van der Waals surface area (Å²) in [4.78, 5) is 1.55. The van der Waals surface area contributed by atoms with E-state index in [1.54, 1.807) is 4.90 Å². The van der Waals surface area contributed by atoms with Crippen LogP contribution in [0.3, 0.4) is 0 Å². The van der Waals surface area contributed by atoms with E-state index < -0.39 is 52.3 Å². The standard InChI is InChI=1S/C14H22F6N2O3S2/c15-12(16,13(17,18)14(19,20)27(24,25)21-26-23)6-8-22-7-5-10-3-1-2-4-11(10)9-22/h10-11,21,23H,1-9H2. The highest BCUT2D eigenvalue weighted by molar-refractivity contribution is 8.06. The van der Waals surface area contributed by atoms with Crippen LogP contribution >= 0.6 is 12.2 Å². The second-order valence-corrected chi connectivity index (χ2v) is 9.49. The molecule has 13 heteroatoms. The zero-order valence-electron chi connectivity index (χ0n) is 14.3. The van der Waals surface area contributed by atoms with Crippen molar-refractivity contribution in [2.45, 2.75) is 55.6 Å². The fraction of sp³-hybridized carbons (Fsp3) is 1.00. The predicted molar refractivity (Wildman–Crippen MR) is 88.2 cm³/mol. The Bertz CT molecular complexity index is 620. The van der Waals surface area contributed by atoms with Gasteiger partial charge in [0.15, 0.2) is 0 Å². The van der Waals surface area contributed by atoms with Crippen molar-refractivity contribution in [3.63, 3.8) is 0 Å². The van der Waals surface area contributed by atoms with Gasteiger partial charge in [-0.15, -0.1) is 4.13 Å². The highest BCUT2D eigenvalue weighted by Gasteiger charge is 2.77. The van der Waals surface area contributed by atoms with Gasteiger partial charge in [-0.05, 0) is 31.2 Å². The van der Waals surface area contributed by atoms with Crippen molar-refractivity contribution >= 4 is 22.3 Å². The Morgan fingerprint density at radius 3 is 2.22 bits per heavy atom. The first-order valence-corrected chi connectivity index (χ1v) is 10.8. The Morgan fingerprint density at radius 1 is 1.04 bits per heavy atom. The lowest BCUT2D eigenvalue weighted by Crippen LogP contribution is -2.60. The molecule has 0 aromatic carbocycles. The van der Waals surface area contributed by atoms with Gasteiger partial charge in [-0.1, -0.05) is 19.3 Å². The molecule has 1 aliphatic heterocycles. The van der Waals surface area contributed by atoms with Gasteiger partial charge in [-0.25, -0.2) is 8.42 Å². The molecule has 0 aromatic rings. The van der Waals surface area contributed by atoms with Gasteiger partial charge in [0.05, 0.1) is 12.2 Å². The summed E-state index contributed by atoms with van der Waals surface area (Å²) in [5.41, 5.74) is 0. The number of fused-ring (bicyclic) bond motifs is 1. The Balaban J connectivity index is 2.04. The van der Waals surface area contributed by atoms with E-state index in [0.29, 0.717) is 23.1 Å². The number of nitrogens with zero attached hydrogens (tertiary/aromatic N) is 1. The van der Waals surface area contributed by atoms with E-state index in [-0.39, 0.29) is 5.92 Å². The third kappa shape index (κ3) is 4.51. The maximum atomic E-state index is 13.9. The average Bonchev–Trinajstić information content (AvgIpc) is 2.59. The zero-order chi connectivity index (χ0) is 20.5. The summed E-state index contributed by atoms with van der Waals surface area (Å²) in [6.45, 7) is 0.327. The average molecular weight is 444 g/mol. The highest BCUT2D eigenvalue weighted by Crippen LogP contribution is 2.50. The molecule has 0 bridgehead atoms. The molecule has 1 aliphatic carbocycles. The molecule has 160 valence electrons. The van der Waals surface area contributed by atoms with Crippen LogP contribution in [-0.2, 0) is 10.0 Å². The van der Waals surface area contributed by atoms with Crippen LogP contribution in [0, 0.1) is 11.8 Å². The Kier molecular flexibility index (Phi) is 7.04. The summed E-state index contributed by atoms with van der Waals surface area (Å²) < 4.78 is 114. The molecular weight excluding hydrogens is 422 g/mol. The number of likely N-dealkylation sites (tertiary alicyclic amines) is 1. The summed E-state index contributed by atoms with van der Waals surface area (Å²) >= 11 is -0.896. The molecule has 5 nitrogen and oxygen atoms in total. The maximum absolute atomic E-state index is 13.9. The van der Waals surface area contributed by atoms with Gasteiger partial charge in [-0.3, -0.25) is 0 Å². The summed E-state index contributed by atoms with van der Waals surface area (Å²) in [6.07, 6.45) is 3.24. The Hall–Kier alpha value is -0.240. The molecule has 1 saturated heterocycles. The summed E-state index contributed by atoms with van der Waals surface area (Å²) in [5.74, 6) is -10.6. The lowest BCUT2D eigenvalue weighted by Gasteiger charge is -2.42. The van der Waals surface area contributed by atoms with Crippen LogP contribution in [0.15, 0.2) is 0 Å². The van der Waals surface area contributed by atoms with Gasteiger partial charge in [0.25, 0.3) is 10.0 Å². The van der Waals surface area contributed by atoms with Crippen LogP contribution in [0.2, 0.25) is 0 Å². The van der Waals surface area contributed by atoms with E-state index in [1.807, 2.05) is 0 Å². The molecule has 2 fully saturated rings. The predicted octanol–water partition coefficient (Wildman–Crippen LogP) is 3.79. The molecule has 0 radical (unpaired) electrons. The maximum Gasteiger partial charge on any atom is 0.427 e. The SMILES string of the molecule is O=S(=O)(NSO)C(F)(F)C(F)(F)C(F)(F)CCN1CCC2CCCCC2C1. The van der Waals surface area contributed by atoms with Crippen molar-refractivity contribution in [2.75, 3.05) is 19.6 Å². The molecule has 2 N–H and O–H groups in total. The number of hydrogen-bond acceptors (Lipinski definition) is 5. The minimum absolute atomic E-state index is 0.286. The quantitative estimate of drug-likeness (QED) is 0.339. The smallest absolute Gasteiger partial charge is 0.316 e. The number of piperidine rings is 1. The van der Waals surface area contributed by atoms with Crippen LogP contribution in [-0.4, -0.2) is 54.6 Å². The third-order valence-electron chi connectivity index (χ3n) is 5.43. The third-order valence-corrected chi connectivity index (χ3v) is 7.53. The van der Waals surface area contributed by atoms with Crippen LogP contribution in [0.5, 0.6) is 0 Å². The molecule has 2 atom stereocenters. The minimum atomic E-state index is -6.22. The molecule has 0 amide bonds. The molecule has 1 saturated carbocycles. The van der Waals surface area contributed by atoms with Gasteiger partial charge >= 0.3 is 17.1 Å². The number of rotatable bonds is 8. The number of nitrogens with one attached hydrogen (secondary N) is 1. The second kappa shape index (κ2) is 8.25. The lowest BCUT2D eigenvalue weighted by molar-refractivity contribution is -0.282. The van der Waals surface area contributed by atoms with Crippen molar-refractivity contribution in [1.29, 1.82) is 0 Å². The van der Waals surface area contributed by atoms with Crippen LogP contribution in [0.25, 0.3) is 0 Å². The van der Waals surface area contributed by atoms with Crippen LogP contribution in [0.4, 0.5) is 26.3 Å². The molecule has 2 rings (SSSR count). The van der Waals surface area contributed by atoms with E-state index >= 15 is 0 Å². The minimum Gasteiger partial charge on any atom is -0.316 e. The fourth-order valence-corrected chi connectivity index (χ4v) is 5.12. The van der Waals surface area contributed by atoms with Gasteiger partial charge in [0, 0.05) is 19.5 Å². The van der Waals surface area contributed by atoms with Crippen molar-refractivity contribution in [1.82, 2.24) is 9.03 Å². The highest BCUT2D eigenvalue weighted by atomic mass is 32.3. The summed E-state index contributed by atoms with van der Waals surface area (Å²) in [6, 6.07) is 0.